The Morgan fingerprint density at radius 3 is 2.90 bits per heavy atom. The number of nitrogens with zero attached hydrogens (tertiary/aromatic N) is 2. The first-order valence-corrected chi connectivity index (χ1v) is 7.44. The summed E-state index contributed by atoms with van der Waals surface area (Å²) in [4.78, 5) is 4.41. The first-order valence-electron chi connectivity index (χ1n) is 7.44. The first-order chi connectivity index (χ1) is 10.2. The number of ether oxygens (including phenoxy) is 1. The van der Waals surface area contributed by atoms with E-state index in [4.69, 9.17) is 9.26 Å². The number of aromatic nitrogens is 2. The third-order valence-corrected chi connectivity index (χ3v) is 3.79. The first kappa shape index (κ1) is 14.2. The molecule has 1 saturated heterocycles. The number of nitrogens with one attached hydrogen (secondary N) is 1. The van der Waals surface area contributed by atoms with E-state index in [1.807, 2.05) is 18.2 Å². The summed E-state index contributed by atoms with van der Waals surface area (Å²) in [5, 5.41) is 7.36. The minimum absolute atomic E-state index is 0.0487. The predicted molar refractivity (Wildman–Crippen MR) is 78.8 cm³/mol. The lowest BCUT2D eigenvalue weighted by atomic mass is 10.0. The Morgan fingerprint density at radius 1 is 1.29 bits per heavy atom. The molecule has 1 N–H and O–H groups in total. The van der Waals surface area contributed by atoms with Crippen molar-refractivity contribution in [2.45, 2.75) is 38.3 Å². The van der Waals surface area contributed by atoms with Crippen LogP contribution in [0.2, 0.25) is 0 Å². The van der Waals surface area contributed by atoms with E-state index >= 15 is 0 Å². The van der Waals surface area contributed by atoms with Gasteiger partial charge in [-0.1, -0.05) is 35.5 Å². The van der Waals surface area contributed by atoms with E-state index in [0.29, 0.717) is 18.9 Å². The highest BCUT2D eigenvalue weighted by molar-refractivity contribution is 5.18. The molecule has 5 heteroatoms. The fourth-order valence-corrected chi connectivity index (χ4v) is 2.62. The van der Waals surface area contributed by atoms with Gasteiger partial charge in [-0.2, -0.15) is 4.98 Å². The van der Waals surface area contributed by atoms with Crippen LogP contribution in [-0.4, -0.2) is 28.9 Å². The van der Waals surface area contributed by atoms with E-state index < -0.39 is 0 Å². The molecule has 1 aliphatic heterocycles. The van der Waals surface area contributed by atoms with E-state index in [1.165, 1.54) is 5.56 Å². The largest absolute Gasteiger partial charge is 0.374 e. The summed E-state index contributed by atoms with van der Waals surface area (Å²) < 4.78 is 11.0. The molecule has 1 unspecified atom stereocenters. The second-order valence-electron chi connectivity index (χ2n) is 5.77. The molecule has 1 atom stereocenters. The summed E-state index contributed by atoms with van der Waals surface area (Å²) >= 11 is 0. The molecule has 1 fully saturated rings. The molecule has 2 heterocycles. The van der Waals surface area contributed by atoms with Gasteiger partial charge in [0.05, 0.1) is 12.1 Å². The minimum Gasteiger partial charge on any atom is -0.374 e. The lowest BCUT2D eigenvalue weighted by Crippen LogP contribution is -2.36. The molecule has 1 aliphatic rings. The quantitative estimate of drug-likeness (QED) is 0.883. The van der Waals surface area contributed by atoms with Gasteiger partial charge in [-0.3, -0.25) is 0 Å². The normalized spacial score (nSPS) is 21.8. The number of rotatable bonds is 6. The summed E-state index contributed by atoms with van der Waals surface area (Å²) in [5.74, 6) is 1.35. The van der Waals surface area contributed by atoms with Gasteiger partial charge in [0.1, 0.15) is 0 Å². The summed E-state index contributed by atoms with van der Waals surface area (Å²) in [6, 6.07) is 10.2. The van der Waals surface area contributed by atoms with Crippen molar-refractivity contribution < 1.29 is 9.26 Å². The van der Waals surface area contributed by atoms with Crippen molar-refractivity contribution in [1.29, 1.82) is 0 Å². The van der Waals surface area contributed by atoms with Crippen molar-refractivity contribution in [1.82, 2.24) is 15.5 Å². The standard InChI is InChI=1S/C16H21N3O2/c1-16(8-5-9-20-16)12-17-11-15-18-14(19-21-15)10-13-6-3-2-4-7-13/h2-4,6-7,17H,5,8-12H2,1H3. The fraction of sp³-hybridized carbons (Fsp3) is 0.500. The third kappa shape index (κ3) is 3.89. The van der Waals surface area contributed by atoms with Crippen molar-refractivity contribution in [3.8, 4) is 0 Å². The molecule has 0 spiro atoms. The van der Waals surface area contributed by atoms with Crippen LogP contribution in [0.3, 0.4) is 0 Å². The molecule has 1 aromatic heterocycles. The van der Waals surface area contributed by atoms with Gasteiger partial charge in [0.15, 0.2) is 5.82 Å². The van der Waals surface area contributed by atoms with Gasteiger partial charge in [-0.05, 0) is 25.3 Å². The molecule has 1 aromatic carbocycles. The lowest BCUT2D eigenvalue weighted by Gasteiger charge is -2.22. The molecular formula is C16H21N3O2. The molecule has 0 aliphatic carbocycles. The molecule has 0 bridgehead atoms. The molecule has 112 valence electrons. The summed E-state index contributed by atoms with van der Waals surface area (Å²) in [7, 11) is 0. The SMILES string of the molecule is CC1(CNCc2nc(Cc3ccccc3)no2)CCCO1. The van der Waals surface area contributed by atoms with Crippen molar-refractivity contribution in [2.75, 3.05) is 13.2 Å². The molecule has 3 rings (SSSR count). The Morgan fingerprint density at radius 2 is 2.14 bits per heavy atom. The van der Waals surface area contributed by atoms with Crippen molar-refractivity contribution in [3.63, 3.8) is 0 Å². The molecular weight excluding hydrogens is 266 g/mol. The molecule has 0 saturated carbocycles. The van der Waals surface area contributed by atoms with E-state index in [2.05, 4.69) is 34.5 Å². The maximum Gasteiger partial charge on any atom is 0.240 e. The van der Waals surface area contributed by atoms with E-state index in [-0.39, 0.29) is 5.60 Å². The molecule has 0 amide bonds. The summed E-state index contributed by atoms with van der Waals surface area (Å²) in [6.07, 6.45) is 2.94. The van der Waals surface area contributed by atoms with Crippen LogP contribution >= 0.6 is 0 Å². The number of benzene rings is 1. The second kappa shape index (κ2) is 6.37. The summed E-state index contributed by atoms with van der Waals surface area (Å²) in [6.45, 7) is 4.39. The average Bonchev–Trinajstić information content (AvgIpc) is 3.10. The zero-order valence-corrected chi connectivity index (χ0v) is 12.3. The third-order valence-electron chi connectivity index (χ3n) is 3.79. The fourth-order valence-electron chi connectivity index (χ4n) is 2.62. The average molecular weight is 287 g/mol. The zero-order valence-electron chi connectivity index (χ0n) is 12.3. The van der Waals surface area contributed by atoms with E-state index in [0.717, 1.165) is 31.8 Å². The Bertz CT molecular complexity index is 562. The van der Waals surface area contributed by atoms with Crippen LogP contribution in [0.5, 0.6) is 0 Å². The van der Waals surface area contributed by atoms with Gasteiger partial charge >= 0.3 is 0 Å². The number of hydrogen-bond acceptors (Lipinski definition) is 5. The Labute approximate surface area is 124 Å². The monoisotopic (exact) mass is 287 g/mol. The Kier molecular flexibility index (Phi) is 4.31. The van der Waals surface area contributed by atoms with Crippen LogP contribution in [-0.2, 0) is 17.7 Å². The minimum atomic E-state index is -0.0487. The van der Waals surface area contributed by atoms with Crippen LogP contribution in [0.1, 0.15) is 37.0 Å². The van der Waals surface area contributed by atoms with Gasteiger partial charge in [0.2, 0.25) is 5.89 Å². The van der Waals surface area contributed by atoms with Crippen molar-refractivity contribution in [3.05, 3.63) is 47.6 Å². The highest BCUT2D eigenvalue weighted by atomic mass is 16.5. The molecule has 0 radical (unpaired) electrons. The highest BCUT2D eigenvalue weighted by Crippen LogP contribution is 2.23. The number of hydrogen-bond donors (Lipinski definition) is 1. The van der Waals surface area contributed by atoms with Gasteiger partial charge < -0.3 is 14.6 Å². The molecule has 2 aromatic rings. The van der Waals surface area contributed by atoms with Crippen molar-refractivity contribution in [2.24, 2.45) is 0 Å². The molecule has 5 nitrogen and oxygen atoms in total. The predicted octanol–water partition coefficient (Wildman–Crippen LogP) is 2.32. The van der Waals surface area contributed by atoms with Crippen LogP contribution in [0.15, 0.2) is 34.9 Å². The van der Waals surface area contributed by atoms with Crippen LogP contribution in [0.25, 0.3) is 0 Å². The maximum absolute atomic E-state index is 5.73. The second-order valence-corrected chi connectivity index (χ2v) is 5.77. The maximum atomic E-state index is 5.73. The summed E-state index contributed by atoms with van der Waals surface area (Å²) in [5.41, 5.74) is 1.14. The molecule has 21 heavy (non-hydrogen) atoms. The van der Waals surface area contributed by atoms with Gasteiger partial charge in [0.25, 0.3) is 0 Å². The smallest absolute Gasteiger partial charge is 0.240 e. The van der Waals surface area contributed by atoms with Gasteiger partial charge in [0, 0.05) is 19.6 Å². The van der Waals surface area contributed by atoms with Crippen molar-refractivity contribution >= 4 is 0 Å². The lowest BCUT2D eigenvalue weighted by molar-refractivity contribution is 0.0202. The van der Waals surface area contributed by atoms with E-state index in [1.54, 1.807) is 0 Å². The Hall–Kier alpha value is -1.72. The van der Waals surface area contributed by atoms with Crippen LogP contribution in [0, 0.1) is 0 Å². The van der Waals surface area contributed by atoms with E-state index in [9.17, 15) is 0 Å². The Balaban J connectivity index is 1.49. The van der Waals surface area contributed by atoms with Gasteiger partial charge in [-0.15, -0.1) is 0 Å². The van der Waals surface area contributed by atoms with Crippen LogP contribution < -0.4 is 5.32 Å². The van der Waals surface area contributed by atoms with Crippen LogP contribution in [0.4, 0.5) is 0 Å². The van der Waals surface area contributed by atoms with Gasteiger partial charge in [-0.25, -0.2) is 0 Å². The topological polar surface area (TPSA) is 60.2 Å². The highest BCUT2D eigenvalue weighted by Gasteiger charge is 2.29. The zero-order chi connectivity index (χ0) is 14.5.